The summed E-state index contributed by atoms with van der Waals surface area (Å²) in [6.45, 7) is 1.82. The summed E-state index contributed by atoms with van der Waals surface area (Å²) in [7, 11) is -2.67. The Morgan fingerprint density at radius 3 is 2.24 bits per heavy atom. The van der Waals surface area contributed by atoms with Crippen molar-refractivity contribution >= 4 is 73.9 Å². The number of likely N-dealkylation sites (N-methyl/N-ethyl adjacent to an activating group) is 1. The van der Waals surface area contributed by atoms with Crippen molar-refractivity contribution in [3.8, 4) is 0 Å². The zero-order chi connectivity index (χ0) is 34.4. The molecule has 1 atom stereocenters. The molecule has 2 saturated heterocycles. The topological polar surface area (TPSA) is 156 Å². The summed E-state index contributed by atoms with van der Waals surface area (Å²) in [4.78, 5) is 51.9. The quantitative estimate of drug-likeness (QED) is 0.350. The number of hydrogen-bond acceptors (Lipinski definition) is 8. The van der Waals surface area contributed by atoms with Crippen LogP contribution in [0.3, 0.4) is 0 Å². The molecule has 0 unspecified atom stereocenters. The molecule has 2 aromatic rings. The van der Waals surface area contributed by atoms with E-state index in [0.29, 0.717) is 43.4 Å². The van der Waals surface area contributed by atoms with Crippen LogP contribution in [-0.4, -0.2) is 106 Å². The second-order valence-electron chi connectivity index (χ2n) is 10.2. The van der Waals surface area contributed by atoms with E-state index in [1.54, 1.807) is 6.07 Å². The number of carbonyl (C=O) groups is 4. The fraction of sp³-hybridized carbons (Fsp3) is 0.462. The Morgan fingerprint density at radius 2 is 1.70 bits per heavy atom. The average Bonchev–Trinajstić information content (AvgIpc) is 3.42. The van der Waals surface area contributed by atoms with Gasteiger partial charge in [0, 0.05) is 45.7 Å². The molecule has 12 nitrogen and oxygen atoms in total. The minimum absolute atomic E-state index is 0.0495. The Morgan fingerprint density at radius 1 is 1.07 bits per heavy atom. The minimum Gasteiger partial charge on any atom is -0.475 e. The summed E-state index contributed by atoms with van der Waals surface area (Å²) < 4.78 is 76.1. The number of thiophene rings is 1. The maximum absolute atomic E-state index is 14.7. The van der Waals surface area contributed by atoms with Gasteiger partial charge in [0.1, 0.15) is 16.8 Å². The third-order valence-corrected chi connectivity index (χ3v) is 10.0. The molecule has 2 aliphatic heterocycles. The smallest absolute Gasteiger partial charge is 0.475 e. The van der Waals surface area contributed by atoms with Gasteiger partial charge in [0.15, 0.2) is 0 Å². The van der Waals surface area contributed by atoms with Crippen molar-refractivity contribution in [1.82, 2.24) is 19.8 Å². The zero-order valence-corrected chi connectivity index (χ0v) is 27.2. The first-order valence-corrected chi connectivity index (χ1v) is 16.6. The molecule has 0 bridgehead atoms. The van der Waals surface area contributed by atoms with Gasteiger partial charge in [-0.15, -0.1) is 11.3 Å². The predicted molar refractivity (Wildman–Crippen MR) is 161 cm³/mol. The molecule has 2 aliphatic rings. The van der Waals surface area contributed by atoms with Crippen LogP contribution in [0.1, 0.15) is 28.9 Å². The van der Waals surface area contributed by atoms with Gasteiger partial charge >= 0.3 is 12.1 Å². The lowest BCUT2D eigenvalue weighted by Crippen LogP contribution is -2.57. The van der Waals surface area contributed by atoms with Crippen molar-refractivity contribution in [1.29, 1.82) is 0 Å². The number of piperazine rings is 1. The van der Waals surface area contributed by atoms with Crippen molar-refractivity contribution in [3.05, 3.63) is 44.3 Å². The van der Waals surface area contributed by atoms with E-state index >= 15 is 0 Å². The molecule has 0 saturated carbocycles. The highest BCUT2D eigenvalue weighted by Crippen LogP contribution is 2.35. The van der Waals surface area contributed by atoms with Gasteiger partial charge in [0.05, 0.1) is 19.9 Å². The minimum atomic E-state index is -5.08. The number of piperidine rings is 1. The highest BCUT2D eigenvalue weighted by molar-refractivity contribution is 7.89. The van der Waals surface area contributed by atoms with E-state index in [-0.39, 0.29) is 41.0 Å². The van der Waals surface area contributed by atoms with Crippen LogP contribution in [0.15, 0.2) is 29.2 Å². The number of carboxylic acid groups (broad SMARTS) is 1. The zero-order valence-electron chi connectivity index (χ0n) is 24.1. The summed E-state index contributed by atoms with van der Waals surface area (Å²) >= 11 is 13.4. The molecule has 0 spiro atoms. The van der Waals surface area contributed by atoms with E-state index in [1.165, 1.54) is 15.9 Å². The number of carbonyl (C=O) groups excluding carboxylic acids is 3. The third kappa shape index (κ3) is 9.98. The van der Waals surface area contributed by atoms with E-state index in [4.69, 9.17) is 33.1 Å². The van der Waals surface area contributed by atoms with E-state index in [0.717, 1.165) is 23.5 Å². The molecule has 3 N–H and O–H groups in total. The number of rotatable bonds is 8. The number of nitrogens with one attached hydrogen (secondary N) is 2. The maximum atomic E-state index is 14.7. The highest BCUT2D eigenvalue weighted by atomic mass is 35.5. The van der Waals surface area contributed by atoms with Crippen LogP contribution >= 0.6 is 34.5 Å². The van der Waals surface area contributed by atoms with E-state index in [2.05, 4.69) is 10.0 Å². The third-order valence-electron chi connectivity index (χ3n) is 6.81. The van der Waals surface area contributed by atoms with Crippen LogP contribution < -0.4 is 14.9 Å². The van der Waals surface area contributed by atoms with Crippen LogP contribution in [0.5, 0.6) is 0 Å². The Labute approximate surface area is 275 Å². The van der Waals surface area contributed by atoms with Crippen LogP contribution in [0.2, 0.25) is 9.36 Å². The number of nitrogens with zero attached hydrogens (tertiary/aromatic N) is 3. The molecule has 3 heterocycles. The molecular weight excluding hydrogens is 705 g/mol. The summed E-state index contributed by atoms with van der Waals surface area (Å²) in [5.74, 6) is -5.03. The fourth-order valence-corrected chi connectivity index (χ4v) is 7.17. The van der Waals surface area contributed by atoms with Crippen molar-refractivity contribution in [3.63, 3.8) is 0 Å². The molecule has 3 amide bonds. The second-order valence-corrected chi connectivity index (χ2v) is 13.9. The second kappa shape index (κ2) is 15.7. The van der Waals surface area contributed by atoms with Gasteiger partial charge in [-0.1, -0.05) is 23.2 Å². The molecule has 0 aliphatic carbocycles. The average molecular weight is 735 g/mol. The molecule has 254 valence electrons. The van der Waals surface area contributed by atoms with Crippen molar-refractivity contribution in [2.45, 2.75) is 36.4 Å². The molecular formula is C26H29Cl2F4N5O7S2. The maximum Gasteiger partial charge on any atom is 0.490 e. The molecule has 0 radical (unpaired) electrons. The van der Waals surface area contributed by atoms with Gasteiger partial charge < -0.3 is 25.1 Å². The number of amides is 3. The SMILES string of the molecule is CN1CCN(C(=O)[C@H](CNC(=O)c2ccc(Cl)s2)NS(=O)(=O)c2cc(F)cc(N3CCCCC3=O)c2Cl)CC1.O=C(O)C(F)(F)F. The van der Waals surface area contributed by atoms with Gasteiger partial charge in [0.2, 0.25) is 21.8 Å². The summed E-state index contributed by atoms with van der Waals surface area (Å²) in [5.41, 5.74) is -0.0495. The number of anilines is 1. The molecule has 1 aromatic carbocycles. The molecule has 4 rings (SSSR count). The summed E-state index contributed by atoms with van der Waals surface area (Å²) in [5, 5.41) is 9.37. The molecule has 2 fully saturated rings. The summed E-state index contributed by atoms with van der Waals surface area (Å²) in [6, 6.07) is 3.42. The van der Waals surface area contributed by atoms with E-state index < -0.39 is 50.7 Å². The van der Waals surface area contributed by atoms with E-state index in [1.807, 2.05) is 11.9 Å². The number of benzene rings is 1. The Bertz CT molecular complexity index is 1570. The van der Waals surface area contributed by atoms with Crippen molar-refractivity contribution in [2.75, 3.05) is 51.2 Å². The van der Waals surface area contributed by atoms with Crippen molar-refractivity contribution < 1.29 is 50.3 Å². The number of carboxylic acids is 1. The lowest BCUT2D eigenvalue weighted by Gasteiger charge is -2.34. The largest absolute Gasteiger partial charge is 0.490 e. The van der Waals surface area contributed by atoms with Gasteiger partial charge in [0.25, 0.3) is 5.91 Å². The standard InChI is InChI=1S/C24H28Cl2FN5O5S2.C2HF3O2/c1-30-8-10-31(11-9-30)24(35)16(14-28-23(34)18-5-6-20(25)38-18)29-39(36,37)19-13-15(27)12-17(22(19)26)32-7-3-2-4-21(32)33;3-2(4,5)1(6)7/h5-6,12-13,16,29H,2-4,7-11,14H2,1H3,(H,28,34);(H,6,7)/t16-;/m0./s1. The lowest BCUT2D eigenvalue weighted by molar-refractivity contribution is -0.192. The number of alkyl halides is 3. The first kappa shape index (κ1) is 37.4. The Balaban J connectivity index is 0.000000738. The first-order chi connectivity index (χ1) is 21.4. The van der Waals surface area contributed by atoms with Crippen LogP contribution in [0, 0.1) is 5.82 Å². The van der Waals surface area contributed by atoms with Gasteiger partial charge in [-0.2, -0.15) is 17.9 Å². The predicted octanol–water partition coefficient (Wildman–Crippen LogP) is 3.20. The van der Waals surface area contributed by atoms with Crippen LogP contribution in [0.4, 0.5) is 23.2 Å². The highest BCUT2D eigenvalue weighted by Gasteiger charge is 2.38. The molecule has 20 heteroatoms. The van der Waals surface area contributed by atoms with Gasteiger partial charge in [-0.05, 0) is 44.2 Å². The number of hydrogen-bond donors (Lipinski definition) is 3. The summed E-state index contributed by atoms with van der Waals surface area (Å²) in [6.07, 6.45) is -3.51. The molecule has 1 aromatic heterocycles. The first-order valence-electron chi connectivity index (χ1n) is 13.5. The van der Waals surface area contributed by atoms with Gasteiger partial charge in [-0.25, -0.2) is 17.6 Å². The van der Waals surface area contributed by atoms with E-state index in [9.17, 15) is 40.4 Å². The van der Waals surface area contributed by atoms with Crippen molar-refractivity contribution in [2.24, 2.45) is 0 Å². The Hall–Kier alpha value is -3.03. The monoisotopic (exact) mass is 733 g/mol. The van der Waals surface area contributed by atoms with Crippen LogP contribution in [-0.2, 0) is 24.4 Å². The Kier molecular flexibility index (Phi) is 12.8. The molecule has 46 heavy (non-hydrogen) atoms. The number of sulfonamides is 1. The normalized spacial score (nSPS) is 16.8. The number of halogens is 6. The van der Waals surface area contributed by atoms with Gasteiger partial charge in [-0.3, -0.25) is 14.4 Å². The lowest BCUT2D eigenvalue weighted by atomic mass is 10.1. The number of aliphatic carboxylic acids is 1. The van der Waals surface area contributed by atoms with Crippen LogP contribution in [0.25, 0.3) is 0 Å². The fourth-order valence-electron chi connectivity index (χ4n) is 4.40.